The minimum absolute atomic E-state index is 0.192. The lowest BCUT2D eigenvalue weighted by Gasteiger charge is -2.08. The summed E-state index contributed by atoms with van der Waals surface area (Å²) in [6.45, 7) is 1.90. The first-order chi connectivity index (χ1) is 9.65. The van der Waals surface area contributed by atoms with Crippen molar-refractivity contribution in [2.45, 2.75) is 6.92 Å². The quantitative estimate of drug-likeness (QED) is 0.697. The van der Waals surface area contributed by atoms with E-state index in [1.807, 2.05) is 37.3 Å². The summed E-state index contributed by atoms with van der Waals surface area (Å²) in [6.07, 6.45) is 1.48. The molecule has 3 rings (SSSR count). The van der Waals surface area contributed by atoms with E-state index in [4.69, 9.17) is 10.2 Å². The molecule has 100 valence electrons. The molecule has 0 fully saturated rings. The molecule has 0 aliphatic carbocycles. The van der Waals surface area contributed by atoms with Crippen LogP contribution in [0.2, 0.25) is 0 Å². The molecule has 2 aromatic carbocycles. The Labute approximate surface area is 116 Å². The number of nitrogen functional groups attached to an aromatic ring is 1. The summed E-state index contributed by atoms with van der Waals surface area (Å²) in [4.78, 5) is 12.3. The number of hydrogen-bond donors (Lipinski definition) is 2. The number of rotatable bonds is 2. The van der Waals surface area contributed by atoms with E-state index in [0.29, 0.717) is 16.8 Å². The van der Waals surface area contributed by atoms with Gasteiger partial charge in [0, 0.05) is 16.8 Å². The number of nitrogens with two attached hydrogens (primary N) is 1. The molecule has 3 N–H and O–H groups in total. The van der Waals surface area contributed by atoms with E-state index in [1.54, 1.807) is 12.1 Å². The zero-order chi connectivity index (χ0) is 14.1. The van der Waals surface area contributed by atoms with Crippen LogP contribution in [0, 0.1) is 6.92 Å². The third-order valence-electron chi connectivity index (χ3n) is 3.22. The van der Waals surface area contributed by atoms with Gasteiger partial charge in [0.1, 0.15) is 11.8 Å². The second kappa shape index (κ2) is 4.74. The second-order valence-electron chi connectivity index (χ2n) is 4.67. The van der Waals surface area contributed by atoms with Crippen molar-refractivity contribution < 1.29 is 9.21 Å². The molecule has 0 atom stereocenters. The molecule has 1 heterocycles. The van der Waals surface area contributed by atoms with Gasteiger partial charge in [0.05, 0.1) is 5.56 Å². The number of nitrogens with one attached hydrogen (secondary N) is 1. The Balaban J connectivity index is 1.93. The van der Waals surface area contributed by atoms with Gasteiger partial charge in [-0.25, -0.2) is 0 Å². The van der Waals surface area contributed by atoms with Crippen molar-refractivity contribution in [3.63, 3.8) is 0 Å². The summed E-state index contributed by atoms with van der Waals surface area (Å²) < 4.78 is 5.38. The van der Waals surface area contributed by atoms with E-state index in [-0.39, 0.29) is 5.91 Å². The van der Waals surface area contributed by atoms with Crippen molar-refractivity contribution in [1.82, 2.24) is 0 Å². The van der Waals surface area contributed by atoms with Gasteiger partial charge in [0.2, 0.25) is 0 Å². The molecule has 1 amide bonds. The lowest BCUT2D eigenvalue weighted by molar-refractivity contribution is 0.102. The van der Waals surface area contributed by atoms with Crippen molar-refractivity contribution in [2.75, 3.05) is 11.1 Å². The lowest BCUT2D eigenvalue weighted by atomic mass is 10.1. The third kappa shape index (κ3) is 2.12. The zero-order valence-corrected chi connectivity index (χ0v) is 11.0. The van der Waals surface area contributed by atoms with Crippen molar-refractivity contribution in [1.29, 1.82) is 0 Å². The maximum atomic E-state index is 12.3. The Morgan fingerprint density at radius 2 is 2.00 bits per heavy atom. The van der Waals surface area contributed by atoms with Crippen molar-refractivity contribution >= 4 is 28.3 Å². The molecule has 0 unspecified atom stereocenters. The van der Waals surface area contributed by atoms with Crippen LogP contribution in [0.4, 0.5) is 11.4 Å². The number of carbonyl (C=O) groups excluding carboxylic acids is 1. The first-order valence-corrected chi connectivity index (χ1v) is 6.29. The molecule has 4 nitrogen and oxygen atoms in total. The highest BCUT2D eigenvalue weighted by molar-refractivity contribution is 6.12. The molecule has 0 spiro atoms. The SMILES string of the molecule is Cc1cc(N)ccc1NC(=O)c1coc2ccccc12. The molecule has 0 aliphatic heterocycles. The maximum absolute atomic E-state index is 12.3. The van der Waals surface area contributed by atoms with E-state index < -0.39 is 0 Å². The second-order valence-corrected chi connectivity index (χ2v) is 4.67. The smallest absolute Gasteiger partial charge is 0.259 e. The maximum Gasteiger partial charge on any atom is 0.259 e. The summed E-state index contributed by atoms with van der Waals surface area (Å²) in [6, 6.07) is 12.8. The number of aryl methyl sites for hydroxylation is 1. The summed E-state index contributed by atoms with van der Waals surface area (Å²) in [5.41, 5.74) is 9.27. The molecule has 0 aliphatic rings. The highest BCUT2D eigenvalue weighted by Gasteiger charge is 2.14. The van der Waals surface area contributed by atoms with Gasteiger partial charge in [0.25, 0.3) is 5.91 Å². The molecular formula is C16H14N2O2. The number of anilines is 2. The van der Waals surface area contributed by atoms with Gasteiger partial charge >= 0.3 is 0 Å². The van der Waals surface area contributed by atoms with Crippen LogP contribution in [0.1, 0.15) is 15.9 Å². The molecule has 20 heavy (non-hydrogen) atoms. The fourth-order valence-corrected chi connectivity index (χ4v) is 2.17. The fraction of sp³-hybridized carbons (Fsp3) is 0.0625. The summed E-state index contributed by atoms with van der Waals surface area (Å²) in [7, 11) is 0. The van der Waals surface area contributed by atoms with Crippen LogP contribution < -0.4 is 11.1 Å². The predicted octanol–water partition coefficient (Wildman–Crippen LogP) is 3.58. The van der Waals surface area contributed by atoms with Crippen molar-refractivity contribution in [3.05, 3.63) is 59.9 Å². The highest BCUT2D eigenvalue weighted by atomic mass is 16.3. The van der Waals surface area contributed by atoms with Gasteiger partial charge in [-0.05, 0) is 36.8 Å². The van der Waals surface area contributed by atoms with E-state index in [1.165, 1.54) is 6.26 Å². The number of amides is 1. The predicted molar refractivity (Wildman–Crippen MR) is 79.8 cm³/mol. The third-order valence-corrected chi connectivity index (χ3v) is 3.22. The molecule has 0 saturated carbocycles. The number of para-hydroxylation sites is 1. The summed E-state index contributed by atoms with van der Waals surface area (Å²) >= 11 is 0. The Hall–Kier alpha value is -2.75. The van der Waals surface area contributed by atoms with Crippen LogP contribution in [0.5, 0.6) is 0 Å². The normalized spacial score (nSPS) is 10.7. The van der Waals surface area contributed by atoms with E-state index in [0.717, 1.165) is 16.6 Å². The van der Waals surface area contributed by atoms with Gasteiger partial charge in [-0.1, -0.05) is 18.2 Å². The van der Waals surface area contributed by atoms with Crippen LogP contribution in [-0.2, 0) is 0 Å². The first kappa shape index (κ1) is 12.3. The topological polar surface area (TPSA) is 68.3 Å². The van der Waals surface area contributed by atoms with Crippen LogP contribution in [-0.4, -0.2) is 5.91 Å². The number of fused-ring (bicyclic) bond motifs is 1. The average molecular weight is 266 g/mol. The summed E-state index contributed by atoms with van der Waals surface area (Å²) in [5.74, 6) is -0.192. The standard InChI is InChI=1S/C16H14N2O2/c1-10-8-11(17)6-7-14(10)18-16(19)13-9-20-15-5-3-2-4-12(13)15/h2-9H,17H2,1H3,(H,18,19). The zero-order valence-electron chi connectivity index (χ0n) is 11.0. The van der Waals surface area contributed by atoms with Crippen molar-refractivity contribution in [3.8, 4) is 0 Å². The van der Waals surface area contributed by atoms with Crippen LogP contribution in [0.3, 0.4) is 0 Å². The Bertz CT molecular complexity index is 790. The van der Waals surface area contributed by atoms with Gasteiger partial charge < -0.3 is 15.5 Å². The van der Waals surface area contributed by atoms with Crippen LogP contribution >= 0.6 is 0 Å². The van der Waals surface area contributed by atoms with Crippen LogP contribution in [0.15, 0.2) is 53.1 Å². The number of furan rings is 1. The average Bonchev–Trinajstić information content (AvgIpc) is 2.86. The molecular weight excluding hydrogens is 252 g/mol. The van der Waals surface area contributed by atoms with Gasteiger partial charge in [-0.2, -0.15) is 0 Å². The highest BCUT2D eigenvalue weighted by Crippen LogP contribution is 2.23. The molecule has 0 radical (unpaired) electrons. The molecule has 0 saturated heterocycles. The minimum Gasteiger partial charge on any atom is -0.463 e. The van der Waals surface area contributed by atoms with E-state index >= 15 is 0 Å². The van der Waals surface area contributed by atoms with E-state index in [9.17, 15) is 4.79 Å². The van der Waals surface area contributed by atoms with E-state index in [2.05, 4.69) is 5.32 Å². The van der Waals surface area contributed by atoms with Crippen molar-refractivity contribution in [2.24, 2.45) is 0 Å². The molecule has 4 heteroatoms. The minimum atomic E-state index is -0.192. The summed E-state index contributed by atoms with van der Waals surface area (Å²) in [5, 5.41) is 3.68. The number of hydrogen-bond acceptors (Lipinski definition) is 3. The molecule has 0 bridgehead atoms. The lowest BCUT2D eigenvalue weighted by Crippen LogP contribution is -2.12. The largest absolute Gasteiger partial charge is 0.463 e. The Kier molecular flexibility index (Phi) is 2.91. The Morgan fingerprint density at radius 1 is 1.20 bits per heavy atom. The molecule has 3 aromatic rings. The number of carbonyl (C=O) groups is 1. The fourth-order valence-electron chi connectivity index (χ4n) is 2.17. The molecule has 1 aromatic heterocycles. The first-order valence-electron chi connectivity index (χ1n) is 6.29. The number of benzene rings is 2. The van der Waals surface area contributed by atoms with Gasteiger partial charge in [-0.15, -0.1) is 0 Å². The van der Waals surface area contributed by atoms with Crippen LogP contribution in [0.25, 0.3) is 11.0 Å². The monoisotopic (exact) mass is 266 g/mol. The van der Waals surface area contributed by atoms with Gasteiger partial charge in [-0.3, -0.25) is 4.79 Å². The Morgan fingerprint density at radius 3 is 2.80 bits per heavy atom. The van der Waals surface area contributed by atoms with Gasteiger partial charge in [0.15, 0.2) is 0 Å².